The van der Waals surface area contributed by atoms with E-state index in [0.29, 0.717) is 44.3 Å². The number of anilines is 2. The number of nitrogens with zero attached hydrogens (tertiary/aromatic N) is 6. The van der Waals surface area contributed by atoms with Gasteiger partial charge in [-0.15, -0.1) is 0 Å². The number of piperazine rings is 1. The van der Waals surface area contributed by atoms with Crippen molar-refractivity contribution >= 4 is 17.3 Å². The van der Waals surface area contributed by atoms with Gasteiger partial charge in [-0.2, -0.15) is 5.26 Å². The molecule has 8 rings (SSSR count). The molecule has 248 valence electrons. The molecule has 3 fully saturated rings. The molecule has 47 heavy (non-hydrogen) atoms. The Kier molecular flexibility index (Phi) is 7.74. The zero-order valence-electron chi connectivity index (χ0n) is 26.9. The smallest absolute Gasteiger partial charge is 0.282 e. The Labute approximate surface area is 274 Å². The first-order valence-electron chi connectivity index (χ1n) is 17.2. The molecular weight excluding hydrogens is 602 g/mol. The summed E-state index contributed by atoms with van der Waals surface area (Å²) < 4.78 is 41.8. The van der Waals surface area contributed by atoms with E-state index in [2.05, 4.69) is 45.5 Å². The standard InChI is InChI=1S/C36H42F2N6O3/c1-23(37)35(45)44-19-27-21-46-33-32(43(27)18-26(44)10-13-39)29-11-15-41(31-9-4-7-24-6-2-3-8-28(24)31)20-30(29)40-34(33)47-22-36-12-5-14-42(36)17-25(38)16-36/h4,7,9,25-27H,1-3,5-6,8,10-12,14-22H2/t25-,26+,27?,36?/m1/s1. The highest BCUT2D eigenvalue weighted by atomic mass is 19.1. The number of amides is 1. The molecule has 9 nitrogen and oxygen atoms in total. The predicted octanol–water partition coefficient (Wildman–Crippen LogP) is 4.65. The first-order valence-corrected chi connectivity index (χ1v) is 17.2. The minimum absolute atomic E-state index is 0.0741. The van der Waals surface area contributed by atoms with Crippen LogP contribution in [0.5, 0.6) is 11.6 Å². The summed E-state index contributed by atoms with van der Waals surface area (Å²) in [7, 11) is 0. The molecule has 2 aromatic rings. The number of benzene rings is 1. The van der Waals surface area contributed by atoms with Gasteiger partial charge < -0.3 is 24.2 Å². The highest BCUT2D eigenvalue weighted by molar-refractivity contribution is 5.91. The van der Waals surface area contributed by atoms with Crippen LogP contribution in [0, 0.1) is 11.3 Å². The van der Waals surface area contributed by atoms with E-state index in [-0.39, 0.29) is 31.2 Å². The molecule has 3 saturated heterocycles. The van der Waals surface area contributed by atoms with Gasteiger partial charge in [-0.1, -0.05) is 18.7 Å². The number of rotatable bonds is 6. The lowest BCUT2D eigenvalue weighted by Crippen LogP contribution is -2.63. The van der Waals surface area contributed by atoms with Gasteiger partial charge in [0.05, 0.1) is 48.0 Å². The molecule has 2 unspecified atom stereocenters. The van der Waals surface area contributed by atoms with E-state index in [1.54, 1.807) is 0 Å². The maximum absolute atomic E-state index is 14.6. The van der Waals surface area contributed by atoms with Crippen molar-refractivity contribution in [3.8, 4) is 17.7 Å². The van der Waals surface area contributed by atoms with Gasteiger partial charge in [0, 0.05) is 43.9 Å². The summed E-state index contributed by atoms with van der Waals surface area (Å²) in [5.74, 6) is -0.806. The number of pyridine rings is 1. The Balaban J connectivity index is 1.17. The molecule has 1 aromatic carbocycles. The molecular formula is C36H42F2N6O3. The Hall–Kier alpha value is -3.91. The summed E-state index contributed by atoms with van der Waals surface area (Å²) >= 11 is 0. The topological polar surface area (TPSA) is 85.2 Å². The molecule has 1 aromatic heterocycles. The number of aromatic nitrogens is 1. The molecule has 4 atom stereocenters. The number of hydrogen-bond donors (Lipinski definition) is 0. The molecule has 0 radical (unpaired) electrons. The van der Waals surface area contributed by atoms with E-state index < -0.39 is 23.9 Å². The van der Waals surface area contributed by atoms with E-state index in [1.165, 1.54) is 34.6 Å². The first kappa shape index (κ1) is 30.4. The molecule has 0 saturated carbocycles. The van der Waals surface area contributed by atoms with Gasteiger partial charge in [0.1, 0.15) is 19.4 Å². The normalized spacial score (nSPS) is 27.9. The second-order valence-electron chi connectivity index (χ2n) is 14.2. The fourth-order valence-corrected chi connectivity index (χ4v) is 9.19. The second kappa shape index (κ2) is 12.0. The fraction of sp³-hybridized carbons (Fsp3) is 0.583. The number of ether oxygens (including phenoxy) is 2. The largest absolute Gasteiger partial charge is 0.484 e. The Morgan fingerprint density at radius 3 is 2.87 bits per heavy atom. The highest BCUT2D eigenvalue weighted by Crippen LogP contribution is 2.49. The molecule has 0 N–H and O–H groups in total. The van der Waals surface area contributed by atoms with Gasteiger partial charge in [0.2, 0.25) is 5.75 Å². The third-order valence-corrected chi connectivity index (χ3v) is 11.4. The third-order valence-electron chi connectivity index (χ3n) is 11.4. The van der Waals surface area contributed by atoms with E-state index in [9.17, 15) is 18.8 Å². The summed E-state index contributed by atoms with van der Waals surface area (Å²) in [5.41, 5.74) is 6.73. The van der Waals surface area contributed by atoms with E-state index >= 15 is 0 Å². The minimum atomic E-state index is -1.03. The molecule has 6 aliphatic rings. The summed E-state index contributed by atoms with van der Waals surface area (Å²) in [6.45, 7) is 7.18. The Morgan fingerprint density at radius 1 is 1.15 bits per heavy atom. The van der Waals surface area contributed by atoms with Crippen LogP contribution in [0.2, 0.25) is 0 Å². The second-order valence-corrected chi connectivity index (χ2v) is 14.2. The summed E-state index contributed by atoms with van der Waals surface area (Å²) in [5, 5.41) is 9.66. The van der Waals surface area contributed by atoms with Crippen molar-refractivity contribution in [3.05, 3.63) is 53.0 Å². The van der Waals surface area contributed by atoms with Gasteiger partial charge in [0.25, 0.3) is 11.8 Å². The van der Waals surface area contributed by atoms with Crippen LogP contribution in [-0.2, 0) is 30.6 Å². The number of halogens is 2. The van der Waals surface area contributed by atoms with Gasteiger partial charge in [-0.05, 0) is 68.7 Å². The number of nitriles is 1. The zero-order valence-corrected chi connectivity index (χ0v) is 26.9. The van der Waals surface area contributed by atoms with Crippen molar-refractivity contribution in [1.29, 1.82) is 5.26 Å². The van der Waals surface area contributed by atoms with Crippen molar-refractivity contribution in [1.82, 2.24) is 14.8 Å². The lowest BCUT2D eigenvalue weighted by atomic mass is 9.89. The van der Waals surface area contributed by atoms with Crippen molar-refractivity contribution in [3.63, 3.8) is 0 Å². The van der Waals surface area contributed by atoms with Crippen molar-refractivity contribution in [2.45, 2.75) is 88.1 Å². The molecule has 6 heterocycles. The minimum Gasteiger partial charge on any atom is -0.484 e. The van der Waals surface area contributed by atoms with Gasteiger partial charge in [-0.25, -0.2) is 13.8 Å². The Morgan fingerprint density at radius 2 is 2.02 bits per heavy atom. The van der Waals surface area contributed by atoms with Gasteiger partial charge >= 0.3 is 0 Å². The molecule has 0 spiro atoms. The number of aryl methyl sites for hydroxylation is 1. The van der Waals surface area contributed by atoms with Crippen LogP contribution in [0.1, 0.15) is 60.9 Å². The predicted molar refractivity (Wildman–Crippen MR) is 173 cm³/mol. The third kappa shape index (κ3) is 5.20. The maximum atomic E-state index is 14.6. The fourth-order valence-electron chi connectivity index (χ4n) is 9.19. The summed E-state index contributed by atoms with van der Waals surface area (Å²) in [4.78, 5) is 26.3. The summed E-state index contributed by atoms with van der Waals surface area (Å²) in [6.07, 6.45) is 6.95. The summed E-state index contributed by atoms with van der Waals surface area (Å²) in [6, 6.07) is 8.11. The van der Waals surface area contributed by atoms with E-state index in [4.69, 9.17) is 14.5 Å². The van der Waals surface area contributed by atoms with Crippen LogP contribution in [0.15, 0.2) is 30.6 Å². The maximum Gasteiger partial charge on any atom is 0.282 e. The zero-order chi connectivity index (χ0) is 32.3. The lowest BCUT2D eigenvalue weighted by Gasteiger charge is -2.50. The molecule has 11 heteroatoms. The lowest BCUT2D eigenvalue weighted by molar-refractivity contribution is -0.132. The highest BCUT2D eigenvalue weighted by Gasteiger charge is 2.50. The van der Waals surface area contributed by atoms with Crippen LogP contribution in [-0.4, -0.2) is 90.4 Å². The van der Waals surface area contributed by atoms with Crippen LogP contribution in [0.3, 0.4) is 0 Å². The quantitative estimate of drug-likeness (QED) is 0.421. The number of carbonyl (C=O) groups is 1. The van der Waals surface area contributed by atoms with Gasteiger partial charge in [-0.3, -0.25) is 9.69 Å². The van der Waals surface area contributed by atoms with E-state index in [0.717, 1.165) is 62.1 Å². The van der Waals surface area contributed by atoms with Crippen LogP contribution >= 0.6 is 0 Å². The number of carbonyl (C=O) groups excluding carboxylic acids is 1. The Bertz CT molecular complexity index is 1650. The van der Waals surface area contributed by atoms with E-state index in [1.807, 2.05) is 0 Å². The van der Waals surface area contributed by atoms with Crippen molar-refractivity contribution in [2.75, 3.05) is 55.7 Å². The molecule has 0 bridgehead atoms. The van der Waals surface area contributed by atoms with Crippen LogP contribution in [0.25, 0.3) is 0 Å². The average Bonchev–Trinajstić information content (AvgIpc) is 3.61. The number of alkyl halides is 1. The molecule has 1 aliphatic carbocycles. The van der Waals surface area contributed by atoms with Crippen molar-refractivity contribution < 1.29 is 23.0 Å². The SMILES string of the molecule is C=C(F)C(=O)N1CC2COc3c(OCC45CCCN4C[C@H](F)C5)nc4c(c3N2C[C@@H]1CC#N)CCN(c1cccc2c1CCCC2)C4. The number of fused-ring (bicyclic) bond motifs is 7. The molecule has 1 amide bonds. The average molecular weight is 645 g/mol. The van der Waals surface area contributed by atoms with Crippen LogP contribution in [0.4, 0.5) is 20.2 Å². The first-order chi connectivity index (χ1) is 22.8. The molecule has 5 aliphatic heterocycles. The van der Waals surface area contributed by atoms with Gasteiger partial charge in [0.15, 0.2) is 5.83 Å². The monoisotopic (exact) mass is 644 g/mol. The number of hydrogen-bond acceptors (Lipinski definition) is 8. The van der Waals surface area contributed by atoms with Crippen LogP contribution < -0.4 is 19.3 Å². The van der Waals surface area contributed by atoms with Crippen molar-refractivity contribution in [2.24, 2.45) is 0 Å².